The lowest BCUT2D eigenvalue weighted by molar-refractivity contribution is -0.385. The van der Waals surface area contributed by atoms with E-state index in [1.807, 2.05) is 20.8 Å². The SMILES string of the molecule is C=C(/C=C/c1cc(OC)c(OC(C)C)cc1[N+](=O)[O-])OCC. The van der Waals surface area contributed by atoms with Crippen molar-refractivity contribution in [1.29, 1.82) is 0 Å². The second-order valence-corrected chi connectivity index (χ2v) is 4.72. The number of nitro benzene ring substituents is 1. The quantitative estimate of drug-likeness (QED) is 0.315. The molecule has 6 heteroatoms. The average molecular weight is 307 g/mol. The fourth-order valence-electron chi connectivity index (χ4n) is 1.78. The molecule has 6 nitrogen and oxygen atoms in total. The maximum Gasteiger partial charge on any atom is 0.280 e. The van der Waals surface area contributed by atoms with Crippen LogP contribution in [-0.2, 0) is 4.74 Å². The summed E-state index contributed by atoms with van der Waals surface area (Å²) in [5, 5.41) is 11.3. The van der Waals surface area contributed by atoms with E-state index in [2.05, 4.69) is 6.58 Å². The molecule has 0 heterocycles. The Kier molecular flexibility index (Phi) is 6.44. The Bertz CT molecular complexity index is 578. The Morgan fingerprint density at radius 1 is 1.41 bits per heavy atom. The van der Waals surface area contributed by atoms with Crippen LogP contribution in [0.2, 0.25) is 0 Å². The Morgan fingerprint density at radius 3 is 2.59 bits per heavy atom. The first-order valence-corrected chi connectivity index (χ1v) is 6.91. The summed E-state index contributed by atoms with van der Waals surface area (Å²) in [6.45, 7) is 9.69. The van der Waals surface area contributed by atoms with E-state index in [1.165, 1.54) is 13.2 Å². The molecule has 0 fully saturated rings. The molecule has 0 spiro atoms. The lowest BCUT2D eigenvalue weighted by Crippen LogP contribution is -2.07. The second kappa shape index (κ2) is 8.07. The molecular weight excluding hydrogens is 286 g/mol. The largest absolute Gasteiger partial charge is 0.495 e. The van der Waals surface area contributed by atoms with Gasteiger partial charge >= 0.3 is 0 Å². The van der Waals surface area contributed by atoms with Gasteiger partial charge in [-0.3, -0.25) is 10.1 Å². The van der Waals surface area contributed by atoms with Crippen LogP contribution in [0, 0.1) is 10.1 Å². The highest BCUT2D eigenvalue weighted by Crippen LogP contribution is 2.36. The molecule has 0 aliphatic rings. The second-order valence-electron chi connectivity index (χ2n) is 4.72. The lowest BCUT2D eigenvalue weighted by Gasteiger charge is -2.14. The van der Waals surface area contributed by atoms with Crippen molar-refractivity contribution in [2.45, 2.75) is 26.9 Å². The summed E-state index contributed by atoms with van der Waals surface area (Å²) < 4.78 is 16.0. The zero-order valence-corrected chi connectivity index (χ0v) is 13.3. The van der Waals surface area contributed by atoms with Crippen LogP contribution < -0.4 is 9.47 Å². The monoisotopic (exact) mass is 307 g/mol. The van der Waals surface area contributed by atoms with Gasteiger partial charge in [0.05, 0.1) is 36.4 Å². The minimum absolute atomic E-state index is 0.0722. The summed E-state index contributed by atoms with van der Waals surface area (Å²) >= 11 is 0. The van der Waals surface area contributed by atoms with E-state index in [9.17, 15) is 10.1 Å². The zero-order valence-electron chi connectivity index (χ0n) is 13.3. The highest BCUT2D eigenvalue weighted by Gasteiger charge is 2.19. The molecular formula is C16H21NO5. The molecule has 0 aliphatic heterocycles. The van der Waals surface area contributed by atoms with E-state index < -0.39 is 4.92 Å². The summed E-state index contributed by atoms with van der Waals surface area (Å²) in [5.41, 5.74) is 0.316. The van der Waals surface area contributed by atoms with Crippen molar-refractivity contribution >= 4 is 11.8 Å². The van der Waals surface area contributed by atoms with Crippen molar-refractivity contribution in [3.8, 4) is 11.5 Å². The van der Waals surface area contributed by atoms with Gasteiger partial charge < -0.3 is 14.2 Å². The molecule has 1 rings (SSSR count). The Labute approximate surface area is 130 Å². The van der Waals surface area contributed by atoms with Crippen LogP contribution in [0.4, 0.5) is 5.69 Å². The molecule has 0 saturated heterocycles. The van der Waals surface area contributed by atoms with Crippen LogP contribution >= 0.6 is 0 Å². The number of methoxy groups -OCH3 is 1. The van der Waals surface area contributed by atoms with E-state index in [0.29, 0.717) is 29.4 Å². The van der Waals surface area contributed by atoms with Gasteiger partial charge in [-0.15, -0.1) is 0 Å². The maximum atomic E-state index is 11.3. The molecule has 1 aromatic rings. The van der Waals surface area contributed by atoms with Gasteiger partial charge in [-0.05, 0) is 39.0 Å². The standard InChI is InChI=1S/C16H21NO5/c1-6-21-12(4)7-8-13-9-15(20-5)16(22-11(2)3)10-14(13)17(18)19/h7-11H,4,6H2,1-3,5H3/b8-7+. The zero-order chi connectivity index (χ0) is 16.7. The van der Waals surface area contributed by atoms with Crippen LogP contribution in [0.25, 0.3) is 6.08 Å². The third kappa shape index (κ3) is 4.80. The molecule has 0 unspecified atom stereocenters. The lowest BCUT2D eigenvalue weighted by atomic mass is 10.1. The molecule has 0 bridgehead atoms. The number of nitro groups is 1. The van der Waals surface area contributed by atoms with Gasteiger partial charge in [0.25, 0.3) is 5.69 Å². The number of hydrogen-bond acceptors (Lipinski definition) is 5. The van der Waals surface area contributed by atoms with Gasteiger partial charge in [0.2, 0.25) is 0 Å². The number of nitrogens with zero attached hydrogens (tertiary/aromatic N) is 1. The average Bonchev–Trinajstić information content (AvgIpc) is 2.45. The molecule has 1 aromatic carbocycles. The van der Waals surface area contributed by atoms with Crippen LogP contribution in [0.15, 0.2) is 30.5 Å². The third-order valence-corrected chi connectivity index (χ3v) is 2.65. The molecule has 22 heavy (non-hydrogen) atoms. The van der Waals surface area contributed by atoms with Crippen molar-refractivity contribution < 1.29 is 19.1 Å². The Balaban J connectivity index is 3.25. The molecule has 0 radical (unpaired) electrons. The van der Waals surface area contributed by atoms with Crippen molar-refractivity contribution in [3.63, 3.8) is 0 Å². The minimum atomic E-state index is -0.463. The first kappa shape index (κ1) is 17.6. The number of hydrogen-bond donors (Lipinski definition) is 0. The van der Waals surface area contributed by atoms with Gasteiger partial charge in [-0.1, -0.05) is 6.58 Å². The van der Waals surface area contributed by atoms with Crippen molar-refractivity contribution in [2.24, 2.45) is 0 Å². The van der Waals surface area contributed by atoms with Gasteiger partial charge in [0.15, 0.2) is 11.5 Å². The smallest absolute Gasteiger partial charge is 0.280 e. The van der Waals surface area contributed by atoms with E-state index in [4.69, 9.17) is 14.2 Å². The van der Waals surface area contributed by atoms with Crippen LogP contribution in [0.1, 0.15) is 26.3 Å². The van der Waals surface area contributed by atoms with Gasteiger partial charge in [-0.2, -0.15) is 0 Å². The van der Waals surface area contributed by atoms with Crippen molar-refractivity contribution in [3.05, 3.63) is 46.2 Å². The topological polar surface area (TPSA) is 70.8 Å². The number of allylic oxidation sites excluding steroid dienone is 1. The fourth-order valence-corrected chi connectivity index (χ4v) is 1.78. The molecule has 120 valence electrons. The fraction of sp³-hybridized carbons (Fsp3) is 0.375. The molecule has 0 amide bonds. The van der Waals surface area contributed by atoms with Crippen molar-refractivity contribution in [1.82, 2.24) is 0 Å². The van der Waals surface area contributed by atoms with E-state index in [1.54, 1.807) is 18.2 Å². The normalized spacial score (nSPS) is 10.8. The van der Waals surface area contributed by atoms with Crippen LogP contribution in [-0.4, -0.2) is 24.7 Å². The highest BCUT2D eigenvalue weighted by atomic mass is 16.6. The van der Waals surface area contributed by atoms with Crippen molar-refractivity contribution in [2.75, 3.05) is 13.7 Å². The van der Waals surface area contributed by atoms with E-state index in [0.717, 1.165) is 0 Å². The first-order valence-electron chi connectivity index (χ1n) is 6.91. The Morgan fingerprint density at radius 2 is 2.09 bits per heavy atom. The predicted molar refractivity (Wildman–Crippen MR) is 85.2 cm³/mol. The highest BCUT2D eigenvalue weighted by molar-refractivity contribution is 5.67. The summed E-state index contributed by atoms with van der Waals surface area (Å²) in [6, 6.07) is 2.92. The number of benzene rings is 1. The van der Waals surface area contributed by atoms with Crippen LogP contribution in [0.3, 0.4) is 0 Å². The minimum Gasteiger partial charge on any atom is -0.495 e. The first-order chi connectivity index (χ1) is 10.4. The van der Waals surface area contributed by atoms with Gasteiger partial charge in [0.1, 0.15) is 5.76 Å². The molecule has 0 atom stereocenters. The summed E-state index contributed by atoms with van der Waals surface area (Å²) in [5.74, 6) is 1.20. The van der Waals surface area contributed by atoms with E-state index >= 15 is 0 Å². The summed E-state index contributed by atoms with van der Waals surface area (Å²) in [6.07, 6.45) is 3.03. The van der Waals surface area contributed by atoms with Gasteiger partial charge in [0, 0.05) is 0 Å². The summed E-state index contributed by atoms with van der Waals surface area (Å²) in [4.78, 5) is 10.8. The predicted octanol–water partition coefficient (Wildman–Crippen LogP) is 3.95. The summed E-state index contributed by atoms with van der Waals surface area (Å²) in [7, 11) is 1.49. The molecule has 0 aromatic heterocycles. The molecule has 0 N–H and O–H groups in total. The number of rotatable bonds is 8. The van der Waals surface area contributed by atoms with E-state index in [-0.39, 0.29) is 11.8 Å². The van der Waals surface area contributed by atoms with Gasteiger partial charge in [-0.25, -0.2) is 0 Å². The number of ether oxygens (including phenoxy) is 3. The maximum absolute atomic E-state index is 11.3. The Hall–Kier alpha value is -2.50. The third-order valence-electron chi connectivity index (χ3n) is 2.65. The molecule has 0 saturated carbocycles. The molecule has 0 aliphatic carbocycles. The van der Waals surface area contributed by atoms with Crippen LogP contribution in [0.5, 0.6) is 11.5 Å².